The second kappa shape index (κ2) is 7.64. The van der Waals surface area contributed by atoms with Gasteiger partial charge in [-0.3, -0.25) is 0 Å². The van der Waals surface area contributed by atoms with Crippen molar-refractivity contribution in [3.8, 4) is 16.9 Å². The van der Waals surface area contributed by atoms with Crippen molar-refractivity contribution in [2.24, 2.45) is 0 Å². The molecule has 0 amide bonds. The Labute approximate surface area is 170 Å². The molecule has 1 aliphatic heterocycles. The van der Waals surface area contributed by atoms with Crippen molar-refractivity contribution in [3.63, 3.8) is 0 Å². The topological polar surface area (TPSA) is 50.1 Å². The van der Waals surface area contributed by atoms with E-state index in [2.05, 4.69) is 34.0 Å². The molecule has 0 atom stereocenters. The smallest absolute Gasteiger partial charge is 0.226 e. The lowest BCUT2D eigenvalue weighted by molar-refractivity contribution is 0.270. The van der Waals surface area contributed by atoms with Gasteiger partial charge in [-0.2, -0.15) is 5.10 Å². The van der Waals surface area contributed by atoms with Crippen LogP contribution in [-0.2, 0) is 0 Å². The van der Waals surface area contributed by atoms with Gasteiger partial charge in [-0.25, -0.2) is 14.6 Å². The molecule has 5 rings (SSSR count). The molecule has 4 aromatic rings. The molecule has 146 valence electrons. The van der Waals surface area contributed by atoms with Crippen LogP contribution in [0.3, 0.4) is 0 Å². The first-order valence-electron chi connectivity index (χ1n) is 10.2. The lowest BCUT2D eigenvalue weighted by Crippen LogP contribution is -2.46. The summed E-state index contributed by atoms with van der Waals surface area (Å²) in [4.78, 5) is 14.6. The maximum absolute atomic E-state index is 5.00. The van der Waals surface area contributed by atoms with Gasteiger partial charge in [0, 0.05) is 43.3 Å². The quantitative estimate of drug-likeness (QED) is 0.538. The first kappa shape index (κ1) is 17.8. The van der Waals surface area contributed by atoms with Gasteiger partial charge in [-0.05, 0) is 24.7 Å². The number of aromatic nitrogens is 4. The van der Waals surface area contributed by atoms with Crippen LogP contribution < -0.4 is 4.90 Å². The zero-order valence-electron chi connectivity index (χ0n) is 16.6. The van der Waals surface area contributed by atoms with Crippen LogP contribution in [0.4, 0.5) is 5.95 Å². The standard InChI is InChI=1S/C23H24N6/c1-2-27-12-14-28(15-13-27)23-25-21-11-7-6-10-20(21)22(26-23)18-16-24-29(17-18)19-8-4-3-5-9-19/h3-11,16-17H,2,12-15H2,1H3. The summed E-state index contributed by atoms with van der Waals surface area (Å²) in [6, 6.07) is 18.4. The number of hydrogen-bond donors (Lipinski definition) is 0. The fraction of sp³-hybridized carbons (Fsp3) is 0.261. The van der Waals surface area contributed by atoms with Gasteiger partial charge in [0.05, 0.1) is 23.1 Å². The molecule has 0 bridgehead atoms. The van der Waals surface area contributed by atoms with Crippen molar-refractivity contribution >= 4 is 16.9 Å². The van der Waals surface area contributed by atoms with Gasteiger partial charge in [0.1, 0.15) is 0 Å². The fourth-order valence-corrected chi connectivity index (χ4v) is 3.86. The van der Waals surface area contributed by atoms with E-state index in [9.17, 15) is 0 Å². The van der Waals surface area contributed by atoms with Crippen molar-refractivity contribution < 1.29 is 0 Å². The van der Waals surface area contributed by atoms with E-state index in [1.165, 1.54) is 0 Å². The monoisotopic (exact) mass is 384 g/mol. The summed E-state index contributed by atoms with van der Waals surface area (Å²) < 4.78 is 1.89. The Morgan fingerprint density at radius 2 is 1.62 bits per heavy atom. The Bertz CT molecular complexity index is 1110. The second-order valence-electron chi connectivity index (χ2n) is 7.32. The minimum Gasteiger partial charge on any atom is -0.338 e. The molecule has 3 heterocycles. The second-order valence-corrected chi connectivity index (χ2v) is 7.32. The minimum atomic E-state index is 0.807. The number of nitrogens with zero attached hydrogens (tertiary/aromatic N) is 6. The highest BCUT2D eigenvalue weighted by Gasteiger charge is 2.20. The lowest BCUT2D eigenvalue weighted by atomic mass is 10.1. The van der Waals surface area contributed by atoms with Crippen LogP contribution in [0.15, 0.2) is 67.0 Å². The third-order valence-electron chi connectivity index (χ3n) is 5.57. The lowest BCUT2D eigenvalue weighted by Gasteiger charge is -2.34. The van der Waals surface area contributed by atoms with E-state index in [1.807, 2.05) is 59.5 Å². The number of rotatable bonds is 4. The van der Waals surface area contributed by atoms with E-state index in [0.717, 1.165) is 66.5 Å². The number of fused-ring (bicyclic) bond motifs is 1. The Morgan fingerprint density at radius 3 is 2.41 bits per heavy atom. The van der Waals surface area contributed by atoms with Gasteiger partial charge in [0.2, 0.25) is 5.95 Å². The summed E-state index contributed by atoms with van der Waals surface area (Å²) in [5.41, 5.74) is 3.94. The van der Waals surface area contributed by atoms with Crippen LogP contribution in [0.2, 0.25) is 0 Å². The van der Waals surface area contributed by atoms with E-state index < -0.39 is 0 Å². The minimum absolute atomic E-state index is 0.807. The highest BCUT2D eigenvalue weighted by atomic mass is 15.3. The number of benzene rings is 2. The van der Waals surface area contributed by atoms with E-state index in [0.29, 0.717) is 0 Å². The first-order valence-corrected chi connectivity index (χ1v) is 10.2. The molecule has 2 aromatic heterocycles. The average molecular weight is 384 g/mol. The number of likely N-dealkylation sites (N-methyl/N-ethyl adjacent to an activating group) is 1. The summed E-state index contributed by atoms with van der Waals surface area (Å²) in [6.45, 7) is 7.31. The molecule has 6 heteroatoms. The Balaban J connectivity index is 1.56. The van der Waals surface area contributed by atoms with Gasteiger partial charge < -0.3 is 9.80 Å². The average Bonchev–Trinajstić information content (AvgIpc) is 3.29. The Morgan fingerprint density at radius 1 is 0.862 bits per heavy atom. The molecule has 2 aromatic carbocycles. The molecule has 29 heavy (non-hydrogen) atoms. The third kappa shape index (κ3) is 3.47. The third-order valence-corrected chi connectivity index (χ3v) is 5.57. The van der Waals surface area contributed by atoms with Crippen molar-refractivity contribution in [1.29, 1.82) is 0 Å². The molecule has 0 saturated carbocycles. The van der Waals surface area contributed by atoms with Crippen LogP contribution >= 0.6 is 0 Å². The Kier molecular flexibility index (Phi) is 4.69. The molecular weight excluding hydrogens is 360 g/mol. The molecule has 1 aliphatic rings. The summed E-state index contributed by atoms with van der Waals surface area (Å²) in [5.74, 6) is 0.807. The van der Waals surface area contributed by atoms with Crippen molar-refractivity contribution in [3.05, 3.63) is 67.0 Å². The molecule has 1 saturated heterocycles. The highest BCUT2D eigenvalue weighted by molar-refractivity contribution is 5.93. The van der Waals surface area contributed by atoms with Gasteiger partial charge in [0.25, 0.3) is 0 Å². The predicted octanol–water partition coefficient (Wildman–Crippen LogP) is 3.62. The summed E-state index contributed by atoms with van der Waals surface area (Å²) in [6.07, 6.45) is 3.93. The Hall–Kier alpha value is -3.25. The zero-order valence-corrected chi connectivity index (χ0v) is 16.6. The fourth-order valence-electron chi connectivity index (χ4n) is 3.86. The van der Waals surface area contributed by atoms with Crippen molar-refractivity contribution in [2.45, 2.75) is 6.92 Å². The number of hydrogen-bond acceptors (Lipinski definition) is 5. The summed E-state index contributed by atoms with van der Waals surface area (Å²) in [7, 11) is 0. The molecular formula is C23H24N6. The highest BCUT2D eigenvalue weighted by Crippen LogP contribution is 2.29. The van der Waals surface area contributed by atoms with Gasteiger partial charge in [-0.15, -0.1) is 0 Å². The van der Waals surface area contributed by atoms with Gasteiger partial charge in [0.15, 0.2) is 0 Å². The molecule has 0 aliphatic carbocycles. The molecule has 0 N–H and O–H groups in total. The molecule has 0 spiro atoms. The van der Waals surface area contributed by atoms with E-state index in [-0.39, 0.29) is 0 Å². The molecule has 6 nitrogen and oxygen atoms in total. The normalized spacial score (nSPS) is 15.1. The molecule has 0 unspecified atom stereocenters. The largest absolute Gasteiger partial charge is 0.338 e. The van der Waals surface area contributed by atoms with Crippen LogP contribution in [0.25, 0.3) is 27.8 Å². The van der Waals surface area contributed by atoms with Gasteiger partial charge in [-0.1, -0.05) is 43.3 Å². The first-order chi connectivity index (χ1) is 14.3. The van der Waals surface area contributed by atoms with Crippen LogP contribution in [0.1, 0.15) is 6.92 Å². The summed E-state index contributed by atoms with van der Waals surface area (Å²) >= 11 is 0. The van der Waals surface area contributed by atoms with E-state index in [4.69, 9.17) is 9.97 Å². The molecule has 0 radical (unpaired) electrons. The van der Waals surface area contributed by atoms with Crippen molar-refractivity contribution in [2.75, 3.05) is 37.6 Å². The predicted molar refractivity (Wildman–Crippen MR) is 116 cm³/mol. The molecule has 1 fully saturated rings. The van der Waals surface area contributed by atoms with Crippen LogP contribution in [0, 0.1) is 0 Å². The zero-order chi connectivity index (χ0) is 19.6. The van der Waals surface area contributed by atoms with Crippen LogP contribution in [-0.4, -0.2) is 57.4 Å². The SMILES string of the molecule is CCN1CCN(c2nc(-c3cnn(-c4ccccc4)c3)c3ccccc3n2)CC1. The number of anilines is 1. The number of para-hydroxylation sites is 2. The summed E-state index contributed by atoms with van der Waals surface area (Å²) in [5, 5.41) is 5.62. The van der Waals surface area contributed by atoms with E-state index in [1.54, 1.807) is 0 Å². The maximum atomic E-state index is 5.00. The van der Waals surface area contributed by atoms with E-state index >= 15 is 0 Å². The van der Waals surface area contributed by atoms with Crippen molar-refractivity contribution in [1.82, 2.24) is 24.6 Å². The van der Waals surface area contributed by atoms with Crippen LogP contribution in [0.5, 0.6) is 0 Å². The van der Waals surface area contributed by atoms with Gasteiger partial charge >= 0.3 is 0 Å². The maximum Gasteiger partial charge on any atom is 0.226 e. The number of piperazine rings is 1.